The Hall–Kier alpha value is -0.880. The lowest BCUT2D eigenvalue weighted by atomic mass is 10.3. The summed E-state index contributed by atoms with van der Waals surface area (Å²) >= 11 is 5.80. The number of hydrogen-bond donors (Lipinski definition) is 1. The van der Waals surface area contributed by atoms with Crippen LogP contribution in [0.4, 0.5) is 0 Å². The van der Waals surface area contributed by atoms with Gasteiger partial charge in [-0.15, -0.1) is 0 Å². The van der Waals surface area contributed by atoms with E-state index in [1.54, 1.807) is 12.1 Å². The van der Waals surface area contributed by atoms with Gasteiger partial charge >= 0.3 is 0 Å². The molecule has 5 nitrogen and oxygen atoms in total. The lowest BCUT2D eigenvalue weighted by Gasteiger charge is -2.26. The van der Waals surface area contributed by atoms with Crippen LogP contribution in [-0.2, 0) is 11.3 Å². The molecule has 1 aromatic heterocycles. The van der Waals surface area contributed by atoms with Gasteiger partial charge in [0.05, 0.1) is 19.8 Å². The van der Waals surface area contributed by atoms with Crippen LogP contribution < -0.4 is 4.74 Å². The number of rotatable bonds is 5. The third-order valence-corrected chi connectivity index (χ3v) is 3.04. The highest BCUT2D eigenvalue weighted by atomic mass is 35.5. The van der Waals surface area contributed by atoms with Crippen molar-refractivity contribution in [3.63, 3.8) is 0 Å². The Morgan fingerprint density at radius 1 is 1.39 bits per heavy atom. The van der Waals surface area contributed by atoms with Crippen LogP contribution in [0.1, 0.15) is 5.56 Å². The van der Waals surface area contributed by atoms with E-state index >= 15 is 0 Å². The summed E-state index contributed by atoms with van der Waals surface area (Å²) in [6.07, 6.45) is 0. The maximum atomic E-state index is 9.17. The Kier molecular flexibility index (Phi) is 5.19. The number of aromatic nitrogens is 1. The van der Waals surface area contributed by atoms with Crippen molar-refractivity contribution in [3.8, 4) is 5.88 Å². The fraction of sp³-hybridized carbons (Fsp3) is 0.583. The van der Waals surface area contributed by atoms with E-state index in [2.05, 4.69) is 9.88 Å². The highest BCUT2D eigenvalue weighted by molar-refractivity contribution is 6.29. The number of pyridine rings is 1. The molecule has 1 N–H and O–H groups in total. The fourth-order valence-electron chi connectivity index (χ4n) is 1.79. The minimum Gasteiger partial charge on any atom is -0.476 e. The monoisotopic (exact) mass is 272 g/mol. The number of nitrogens with zero attached hydrogens (tertiary/aromatic N) is 2. The zero-order chi connectivity index (χ0) is 12.8. The minimum absolute atomic E-state index is 0.100. The minimum atomic E-state index is -0.100. The topological polar surface area (TPSA) is 54.8 Å². The van der Waals surface area contributed by atoms with E-state index in [4.69, 9.17) is 26.2 Å². The Labute approximate surface area is 111 Å². The van der Waals surface area contributed by atoms with Crippen molar-refractivity contribution < 1.29 is 14.6 Å². The van der Waals surface area contributed by atoms with Crippen molar-refractivity contribution in [1.82, 2.24) is 9.88 Å². The zero-order valence-electron chi connectivity index (χ0n) is 10.1. The van der Waals surface area contributed by atoms with Gasteiger partial charge in [-0.2, -0.15) is 0 Å². The molecule has 1 saturated heterocycles. The van der Waals surface area contributed by atoms with E-state index < -0.39 is 0 Å². The standard InChI is InChI=1S/C12H17ClN2O3/c13-11-2-1-10(9-16)12(14-11)18-8-5-15-3-6-17-7-4-15/h1-2,16H,3-9H2. The van der Waals surface area contributed by atoms with Gasteiger partial charge in [0.1, 0.15) is 11.8 Å². The molecule has 1 aliphatic heterocycles. The molecular formula is C12H17ClN2O3. The molecule has 2 rings (SSSR count). The summed E-state index contributed by atoms with van der Waals surface area (Å²) in [7, 11) is 0. The van der Waals surface area contributed by atoms with Crippen molar-refractivity contribution in [3.05, 3.63) is 22.8 Å². The first-order chi connectivity index (χ1) is 8.79. The Morgan fingerprint density at radius 3 is 2.89 bits per heavy atom. The molecule has 2 heterocycles. The first kappa shape index (κ1) is 13.5. The molecular weight excluding hydrogens is 256 g/mol. The molecule has 1 fully saturated rings. The smallest absolute Gasteiger partial charge is 0.220 e. The summed E-state index contributed by atoms with van der Waals surface area (Å²) in [5, 5.41) is 9.54. The average molecular weight is 273 g/mol. The lowest BCUT2D eigenvalue weighted by Crippen LogP contribution is -2.38. The molecule has 0 aromatic carbocycles. The number of halogens is 1. The second-order valence-corrected chi connectivity index (χ2v) is 4.45. The molecule has 1 aromatic rings. The van der Waals surface area contributed by atoms with Crippen molar-refractivity contribution in [2.75, 3.05) is 39.5 Å². The van der Waals surface area contributed by atoms with Gasteiger partial charge in [0.2, 0.25) is 5.88 Å². The van der Waals surface area contributed by atoms with E-state index in [0.29, 0.717) is 23.2 Å². The van der Waals surface area contributed by atoms with Gasteiger partial charge in [-0.1, -0.05) is 11.6 Å². The van der Waals surface area contributed by atoms with Crippen LogP contribution in [-0.4, -0.2) is 54.4 Å². The molecule has 0 saturated carbocycles. The van der Waals surface area contributed by atoms with Crippen LogP contribution >= 0.6 is 11.6 Å². The first-order valence-electron chi connectivity index (χ1n) is 5.99. The number of aliphatic hydroxyl groups excluding tert-OH is 1. The van der Waals surface area contributed by atoms with Gasteiger partial charge in [-0.05, 0) is 12.1 Å². The summed E-state index contributed by atoms with van der Waals surface area (Å²) in [4.78, 5) is 6.34. The van der Waals surface area contributed by atoms with E-state index in [9.17, 15) is 0 Å². The van der Waals surface area contributed by atoms with E-state index in [-0.39, 0.29) is 6.61 Å². The van der Waals surface area contributed by atoms with Crippen LogP contribution in [0.5, 0.6) is 5.88 Å². The van der Waals surface area contributed by atoms with Gasteiger partial charge in [-0.25, -0.2) is 4.98 Å². The number of ether oxygens (including phenoxy) is 2. The van der Waals surface area contributed by atoms with Crippen molar-refractivity contribution in [2.24, 2.45) is 0 Å². The number of morpholine rings is 1. The Morgan fingerprint density at radius 2 is 2.17 bits per heavy atom. The van der Waals surface area contributed by atoms with E-state index in [1.165, 1.54) is 0 Å². The largest absolute Gasteiger partial charge is 0.476 e. The van der Waals surface area contributed by atoms with Crippen molar-refractivity contribution in [2.45, 2.75) is 6.61 Å². The van der Waals surface area contributed by atoms with Crippen molar-refractivity contribution in [1.29, 1.82) is 0 Å². The normalized spacial score (nSPS) is 16.8. The molecule has 0 atom stereocenters. The maximum absolute atomic E-state index is 9.17. The first-order valence-corrected chi connectivity index (χ1v) is 6.36. The van der Waals surface area contributed by atoms with Gasteiger partial charge < -0.3 is 14.6 Å². The predicted molar refractivity (Wildman–Crippen MR) is 67.9 cm³/mol. The molecule has 1 aliphatic rings. The van der Waals surface area contributed by atoms with Gasteiger partial charge in [0.15, 0.2) is 0 Å². The molecule has 0 spiro atoms. The zero-order valence-corrected chi connectivity index (χ0v) is 10.9. The van der Waals surface area contributed by atoms with Crippen LogP contribution in [0.2, 0.25) is 5.15 Å². The van der Waals surface area contributed by atoms with Gasteiger partial charge in [0, 0.05) is 25.2 Å². The predicted octanol–water partition coefficient (Wildman–Crippen LogP) is 0.938. The van der Waals surface area contributed by atoms with E-state index in [0.717, 1.165) is 32.8 Å². The molecule has 0 radical (unpaired) electrons. The van der Waals surface area contributed by atoms with Gasteiger partial charge in [-0.3, -0.25) is 4.90 Å². The third kappa shape index (κ3) is 3.81. The molecule has 0 aliphatic carbocycles. The second-order valence-electron chi connectivity index (χ2n) is 4.06. The third-order valence-electron chi connectivity index (χ3n) is 2.83. The lowest BCUT2D eigenvalue weighted by molar-refractivity contribution is 0.0319. The number of aliphatic hydroxyl groups is 1. The summed E-state index contributed by atoms with van der Waals surface area (Å²) in [5.41, 5.74) is 0.654. The van der Waals surface area contributed by atoms with Crippen LogP contribution in [0.15, 0.2) is 12.1 Å². The molecule has 0 bridgehead atoms. The summed E-state index contributed by atoms with van der Waals surface area (Å²) in [6.45, 7) is 4.66. The summed E-state index contributed by atoms with van der Waals surface area (Å²) in [5.74, 6) is 0.415. The quantitative estimate of drug-likeness (QED) is 0.809. The average Bonchev–Trinajstić information content (AvgIpc) is 2.40. The Bertz CT molecular complexity index is 384. The Balaban J connectivity index is 1.83. The van der Waals surface area contributed by atoms with Crippen LogP contribution in [0, 0.1) is 0 Å². The highest BCUT2D eigenvalue weighted by Gasteiger charge is 2.11. The second kappa shape index (κ2) is 6.89. The molecule has 6 heteroatoms. The van der Waals surface area contributed by atoms with E-state index in [1.807, 2.05) is 0 Å². The number of hydrogen-bond acceptors (Lipinski definition) is 5. The SMILES string of the molecule is OCc1ccc(Cl)nc1OCCN1CCOCC1. The maximum Gasteiger partial charge on any atom is 0.220 e. The molecule has 0 amide bonds. The molecule has 100 valence electrons. The van der Waals surface area contributed by atoms with Crippen molar-refractivity contribution >= 4 is 11.6 Å². The van der Waals surface area contributed by atoms with Gasteiger partial charge in [0.25, 0.3) is 0 Å². The van der Waals surface area contributed by atoms with Crippen LogP contribution in [0.3, 0.4) is 0 Å². The summed E-state index contributed by atoms with van der Waals surface area (Å²) in [6, 6.07) is 3.36. The molecule has 18 heavy (non-hydrogen) atoms. The molecule has 0 unspecified atom stereocenters. The highest BCUT2D eigenvalue weighted by Crippen LogP contribution is 2.18. The fourth-order valence-corrected chi connectivity index (χ4v) is 1.93. The van der Waals surface area contributed by atoms with Crippen LogP contribution in [0.25, 0.3) is 0 Å². The summed E-state index contributed by atoms with van der Waals surface area (Å²) < 4.78 is 10.8.